The van der Waals surface area contributed by atoms with Crippen molar-refractivity contribution in [3.05, 3.63) is 12.2 Å². The van der Waals surface area contributed by atoms with E-state index in [1.54, 1.807) is 6.92 Å². The molecule has 76 valence electrons. The first-order valence-electron chi connectivity index (χ1n) is 4.52. The van der Waals surface area contributed by atoms with Gasteiger partial charge in [0.15, 0.2) is 0 Å². The summed E-state index contributed by atoms with van der Waals surface area (Å²) in [5, 5.41) is 0. The summed E-state index contributed by atoms with van der Waals surface area (Å²) in [7, 11) is 6.25. The van der Waals surface area contributed by atoms with Crippen molar-refractivity contribution in [3.8, 4) is 0 Å². The highest BCUT2D eigenvalue weighted by Gasteiger charge is 2.12. The van der Waals surface area contributed by atoms with E-state index in [4.69, 9.17) is 4.74 Å². The smallest absolute Gasteiger partial charge is 0.333 e. The number of carbonyl (C=O) groups is 1. The van der Waals surface area contributed by atoms with Crippen LogP contribution in [0.1, 0.15) is 13.3 Å². The first-order valence-corrected chi connectivity index (χ1v) is 4.52. The molecule has 3 heteroatoms. The van der Waals surface area contributed by atoms with Crippen LogP contribution in [0, 0.1) is 0 Å². The Morgan fingerprint density at radius 3 is 2.31 bits per heavy atom. The van der Waals surface area contributed by atoms with Crippen molar-refractivity contribution in [2.75, 3.05) is 34.3 Å². The van der Waals surface area contributed by atoms with E-state index in [-0.39, 0.29) is 5.97 Å². The maximum absolute atomic E-state index is 11.1. The molecule has 0 fully saturated rings. The Kier molecular flexibility index (Phi) is 4.70. The fourth-order valence-corrected chi connectivity index (χ4v) is 0.806. The standard InChI is InChI=1S/C10H20NO2/c1-6-13-10(12)9(2)7-8-11(3,4)5/h2,6-8H2,1,3-5H3/q+1. The third kappa shape index (κ3) is 6.34. The normalized spacial score (nSPS) is 11.1. The van der Waals surface area contributed by atoms with Crippen molar-refractivity contribution in [1.82, 2.24) is 0 Å². The van der Waals surface area contributed by atoms with Crippen molar-refractivity contribution >= 4 is 5.97 Å². The second kappa shape index (κ2) is 5.02. The van der Waals surface area contributed by atoms with E-state index < -0.39 is 0 Å². The zero-order valence-electron chi connectivity index (χ0n) is 9.09. The maximum Gasteiger partial charge on any atom is 0.333 e. The van der Waals surface area contributed by atoms with Crippen molar-refractivity contribution < 1.29 is 14.0 Å². The summed E-state index contributed by atoms with van der Waals surface area (Å²) in [5.41, 5.74) is 0.565. The lowest BCUT2D eigenvalue weighted by Crippen LogP contribution is -2.35. The predicted molar refractivity (Wildman–Crippen MR) is 53.3 cm³/mol. The van der Waals surface area contributed by atoms with E-state index in [1.807, 2.05) is 0 Å². The molecule has 0 aromatic rings. The molecule has 0 atom stereocenters. The Morgan fingerprint density at radius 1 is 1.38 bits per heavy atom. The molecule has 0 bridgehead atoms. The Balaban J connectivity index is 3.82. The van der Waals surface area contributed by atoms with Gasteiger partial charge in [0.25, 0.3) is 0 Å². The lowest BCUT2D eigenvalue weighted by atomic mass is 10.2. The van der Waals surface area contributed by atoms with Gasteiger partial charge in [-0.3, -0.25) is 0 Å². The molecule has 13 heavy (non-hydrogen) atoms. The molecule has 0 amide bonds. The number of hydrogen-bond donors (Lipinski definition) is 0. The summed E-state index contributed by atoms with van der Waals surface area (Å²) in [5.74, 6) is -0.268. The van der Waals surface area contributed by atoms with Gasteiger partial charge in [-0.2, -0.15) is 0 Å². The van der Waals surface area contributed by atoms with Crippen molar-refractivity contribution in [2.24, 2.45) is 0 Å². The fourth-order valence-electron chi connectivity index (χ4n) is 0.806. The summed E-state index contributed by atoms with van der Waals surface area (Å²) in [6, 6.07) is 0. The third-order valence-electron chi connectivity index (χ3n) is 1.65. The fraction of sp³-hybridized carbons (Fsp3) is 0.700. The van der Waals surface area contributed by atoms with Gasteiger partial charge < -0.3 is 9.22 Å². The molecule has 3 nitrogen and oxygen atoms in total. The number of hydrogen-bond acceptors (Lipinski definition) is 2. The van der Waals surface area contributed by atoms with Gasteiger partial charge in [-0.1, -0.05) is 6.58 Å². The SMILES string of the molecule is C=C(CC[N+](C)(C)C)C(=O)OCC. The molecule has 0 unspecified atom stereocenters. The number of carbonyl (C=O) groups excluding carboxylic acids is 1. The van der Waals surface area contributed by atoms with Gasteiger partial charge in [-0.15, -0.1) is 0 Å². The second-order valence-corrected chi connectivity index (χ2v) is 4.09. The highest BCUT2D eigenvalue weighted by atomic mass is 16.5. The summed E-state index contributed by atoms with van der Waals surface area (Å²) >= 11 is 0. The Morgan fingerprint density at radius 2 is 1.92 bits per heavy atom. The van der Waals surface area contributed by atoms with Gasteiger partial charge >= 0.3 is 5.97 Å². The van der Waals surface area contributed by atoms with Gasteiger partial charge in [0, 0.05) is 12.0 Å². The maximum atomic E-state index is 11.1. The van der Waals surface area contributed by atoms with Crippen LogP contribution in [0.4, 0.5) is 0 Å². The van der Waals surface area contributed by atoms with Crippen LogP contribution in [0.15, 0.2) is 12.2 Å². The molecule has 0 aliphatic heterocycles. The molecule has 0 radical (unpaired) electrons. The number of rotatable bonds is 5. The first-order chi connectivity index (χ1) is 5.87. The van der Waals surface area contributed by atoms with Crippen LogP contribution >= 0.6 is 0 Å². The largest absolute Gasteiger partial charge is 0.463 e. The zero-order valence-corrected chi connectivity index (χ0v) is 9.09. The van der Waals surface area contributed by atoms with Crippen LogP contribution in [0.2, 0.25) is 0 Å². The van der Waals surface area contributed by atoms with Gasteiger partial charge in [0.2, 0.25) is 0 Å². The van der Waals surface area contributed by atoms with Crippen LogP contribution < -0.4 is 0 Å². The van der Waals surface area contributed by atoms with E-state index in [2.05, 4.69) is 27.7 Å². The Hall–Kier alpha value is -0.830. The lowest BCUT2D eigenvalue weighted by Gasteiger charge is -2.23. The monoisotopic (exact) mass is 186 g/mol. The van der Waals surface area contributed by atoms with E-state index in [1.165, 1.54) is 0 Å². The Labute approximate surface area is 80.6 Å². The molecule has 0 heterocycles. The number of quaternary nitrogens is 1. The minimum absolute atomic E-state index is 0.268. The average molecular weight is 186 g/mol. The molecule has 0 rings (SSSR count). The topological polar surface area (TPSA) is 26.3 Å². The third-order valence-corrected chi connectivity index (χ3v) is 1.65. The van der Waals surface area contributed by atoms with Crippen LogP contribution in [0.5, 0.6) is 0 Å². The minimum Gasteiger partial charge on any atom is -0.463 e. The summed E-state index contributed by atoms with van der Waals surface area (Å²) in [6.07, 6.45) is 0.697. The van der Waals surface area contributed by atoms with Crippen LogP contribution in [0.3, 0.4) is 0 Å². The molecular formula is C10H20NO2+. The van der Waals surface area contributed by atoms with Crippen molar-refractivity contribution in [3.63, 3.8) is 0 Å². The van der Waals surface area contributed by atoms with Crippen LogP contribution in [-0.4, -0.2) is 44.7 Å². The summed E-state index contributed by atoms with van der Waals surface area (Å²) < 4.78 is 5.66. The molecule has 0 saturated carbocycles. The highest BCUT2D eigenvalue weighted by molar-refractivity contribution is 5.87. The van der Waals surface area contributed by atoms with E-state index in [0.717, 1.165) is 11.0 Å². The van der Waals surface area contributed by atoms with E-state index in [9.17, 15) is 4.79 Å². The lowest BCUT2D eigenvalue weighted by molar-refractivity contribution is -0.870. The minimum atomic E-state index is -0.268. The van der Waals surface area contributed by atoms with Gasteiger partial charge in [0.05, 0.1) is 34.3 Å². The van der Waals surface area contributed by atoms with Crippen molar-refractivity contribution in [1.29, 1.82) is 0 Å². The molecular weight excluding hydrogens is 166 g/mol. The second-order valence-electron chi connectivity index (χ2n) is 4.09. The number of esters is 1. The van der Waals surface area contributed by atoms with E-state index >= 15 is 0 Å². The van der Waals surface area contributed by atoms with Gasteiger partial charge in [0.1, 0.15) is 0 Å². The summed E-state index contributed by atoms with van der Waals surface area (Å²) in [6.45, 7) is 6.81. The quantitative estimate of drug-likeness (QED) is 0.366. The zero-order chi connectivity index (χ0) is 10.5. The van der Waals surface area contributed by atoms with Crippen molar-refractivity contribution in [2.45, 2.75) is 13.3 Å². The molecule has 0 spiro atoms. The molecule has 0 aromatic heterocycles. The van der Waals surface area contributed by atoms with E-state index in [0.29, 0.717) is 18.6 Å². The van der Waals surface area contributed by atoms with Gasteiger partial charge in [-0.25, -0.2) is 4.79 Å². The van der Waals surface area contributed by atoms with Crippen LogP contribution in [0.25, 0.3) is 0 Å². The first kappa shape index (κ1) is 12.2. The molecule has 0 N–H and O–H groups in total. The molecule has 0 aromatic carbocycles. The van der Waals surface area contributed by atoms with Gasteiger partial charge in [-0.05, 0) is 6.92 Å². The highest BCUT2D eigenvalue weighted by Crippen LogP contribution is 2.04. The number of ether oxygens (including phenoxy) is 1. The Bertz CT molecular complexity index is 192. The average Bonchev–Trinajstić information content (AvgIpc) is 1.99. The molecule has 0 aliphatic rings. The molecule has 0 aliphatic carbocycles. The van der Waals surface area contributed by atoms with Crippen LogP contribution in [-0.2, 0) is 9.53 Å². The summed E-state index contributed by atoms with van der Waals surface area (Å²) in [4.78, 5) is 11.1. The predicted octanol–water partition coefficient (Wildman–Crippen LogP) is 1.20. The number of nitrogens with zero attached hydrogens (tertiary/aromatic N) is 1. The molecule has 0 saturated heterocycles.